The summed E-state index contributed by atoms with van der Waals surface area (Å²) < 4.78 is 43.4. The van der Waals surface area contributed by atoms with E-state index in [-0.39, 0.29) is 29.9 Å². The monoisotopic (exact) mass is 556 g/mol. The van der Waals surface area contributed by atoms with Gasteiger partial charge in [-0.05, 0) is 68.9 Å². The lowest BCUT2D eigenvalue weighted by molar-refractivity contribution is -0.0641. The van der Waals surface area contributed by atoms with Crippen LogP contribution in [0.2, 0.25) is 0 Å². The predicted molar refractivity (Wildman–Crippen MR) is 138 cm³/mol. The number of carbonyl (C=O) groups is 1. The SMILES string of the molecule is O=C(O)c1ccc2nc([C@]3(O)CC[C@@H](OCc4c(-c5ccccc5OC(F)F)noc4C4CC4)CC3)sc2c1. The summed E-state index contributed by atoms with van der Waals surface area (Å²) in [4.78, 5) is 15.9. The van der Waals surface area contributed by atoms with Gasteiger partial charge < -0.3 is 24.2 Å². The molecule has 0 atom stereocenters. The molecule has 6 rings (SSSR count). The third kappa shape index (κ3) is 5.26. The van der Waals surface area contributed by atoms with Crippen molar-refractivity contribution in [1.82, 2.24) is 10.1 Å². The number of aliphatic hydroxyl groups is 1. The standard InChI is InChI=1S/C28H26F2N2O6S/c29-27(30)37-21-4-2-1-3-18(21)23-19(24(38-32-23)15-5-6-15)14-36-17-9-11-28(35,12-10-17)26-31-20-8-7-16(25(33)34)13-22(20)39-26/h1-4,7-8,13,15,17,27,35H,5-6,9-12,14H2,(H,33,34)/t17-,28+. The van der Waals surface area contributed by atoms with E-state index in [2.05, 4.69) is 10.1 Å². The van der Waals surface area contributed by atoms with Crippen LogP contribution in [0.4, 0.5) is 8.78 Å². The number of aromatic nitrogens is 2. The van der Waals surface area contributed by atoms with E-state index in [4.69, 9.17) is 14.0 Å². The Hall–Kier alpha value is -3.41. The zero-order valence-corrected chi connectivity index (χ0v) is 21.6. The summed E-state index contributed by atoms with van der Waals surface area (Å²) in [5.41, 5.74) is 1.34. The number of hydrogen-bond acceptors (Lipinski definition) is 8. The van der Waals surface area contributed by atoms with Gasteiger partial charge in [0.2, 0.25) is 0 Å². The van der Waals surface area contributed by atoms with Gasteiger partial charge in [-0.2, -0.15) is 8.78 Å². The lowest BCUT2D eigenvalue weighted by Crippen LogP contribution is -2.34. The van der Waals surface area contributed by atoms with Crippen LogP contribution in [0.3, 0.4) is 0 Å². The van der Waals surface area contributed by atoms with Crippen molar-refractivity contribution in [3.05, 3.63) is 64.4 Å². The summed E-state index contributed by atoms with van der Waals surface area (Å²) in [7, 11) is 0. The number of carboxylic acids is 1. The second-order valence-electron chi connectivity index (χ2n) is 10.1. The maximum Gasteiger partial charge on any atom is 0.387 e. The average molecular weight is 557 g/mol. The fourth-order valence-corrected chi connectivity index (χ4v) is 6.26. The van der Waals surface area contributed by atoms with Crippen LogP contribution in [0.1, 0.15) is 71.1 Å². The van der Waals surface area contributed by atoms with Crippen molar-refractivity contribution in [1.29, 1.82) is 0 Å². The molecule has 0 spiro atoms. The van der Waals surface area contributed by atoms with Gasteiger partial charge in [-0.1, -0.05) is 17.3 Å². The maximum atomic E-state index is 13.0. The van der Waals surface area contributed by atoms with Crippen molar-refractivity contribution in [3.8, 4) is 17.0 Å². The van der Waals surface area contributed by atoms with Crippen molar-refractivity contribution < 1.29 is 37.8 Å². The number of rotatable bonds is 9. The summed E-state index contributed by atoms with van der Waals surface area (Å²) in [5, 5.41) is 25.4. The van der Waals surface area contributed by atoms with Crippen molar-refractivity contribution in [3.63, 3.8) is 0 Å². The smallest absolute Gasteiger partial charge is 0.387 e. The molecule has 204 valence electrons. The zero-order chi connectivity index (χ0) is 27.1. The molecule has 2 aliphatic rings. The number of hydrogen-bond donors (Lipinski definition) is 2. The van der Waals surface area contributed by atoms with Gasteiger partial charge in [0.05, 0.1) is 28.5 Å². The second kappa shape index (κ2) is 10.3. The first-order valence-corrected chi connectivity index (χ1v) is 13.6. The fraction of sp³-hybridized carbons (Fsp3) is 0.393. The Morgan fingerprint density at radius 2 is 1.92 bits per heavy atom. The molecule has 0 amide bonds. The van der Waals surface area contributed by atoms with Crippen LogP contribution in [0.15, 0.2) is 47.0 Å². The summed E-state index contributed by atoms with van der Waals surface area (Å²) in [5.74, 6) is -0.0166. The zero-order valence-electron chi connectivity index (χ0n) is 20.8. The molecular formula is C28H26F2N2O6S. The molecule has 11 heteroatoms. The second-order valence-corrected chi connectivity index (χ2v) is 11.1. The highest BCUT2D eigenvalue weighted by molar-refractivity contribution is 7.18. The number of nitrogens with zero attached hydrogens (tertiary/aromatic N) is 2. The molecule has 0 unspecified atom stereocenters. The van der Waals surface area contributed by atoms with Crippen LogP contribution in [-0.4, -0.2) is 39.0 Å². The minimum absolute atomic E-state index is 0.0263. The highest BCUT2D eigenvalue weighted by Gasteiger charge is 2.39. The molecule has 39 heavy (non-hydrogen) atoms. The highest BCUT2D eigenvalue weighted by atomic mass is 32.1. The summed E-state index contributed by atoms with van der Waals surface area (Å²) in [6.45, 7) is -2.76. The molecule has 2 aliphatic carbocycles. The first kappa shape index (κ1) is 25.8. The summed E-state index contributed by atoms with van der Waals surface area (Å²) in [6.07, 6.45) is 3.91. The molecule has 8 nitrogen and oxygen atoms in total. The molecule has 0 radical (unpaired) electrons. The van der Waals surface area contributed by atoms with Crippen LogP contribution in [0.25, 0.3) is 21.5 Å². The van der Waals surface area contributed by atoms with Crippen LogP contribution < -0.4 is 4.74 Å². The lowest BCUT2D eigenvalue weighted by Gasteiger charge is -2.34. The average Bonchev–Trinajstić information content (AvgIpc) is 3.52. The van der Waals surface area contributed by atoms with Gasteiger partial charge in [-0.3, -0.25) is 0 Å². The number of fused-ring (bicyclic) bond motifs is 1. The highest BCUT2D eigenvalue weighted by Crippen LogP contribution is 2.46. The van der Waals surface area contributed by atoms with E-state index >= 15 is 0 Å². The molecule has 2 aromatic heterocycles. The van der Waals surface area contributed by atoms with Crippen molar-refractivity contribution in [2.45, 2.75) is 69.4 Å². The maximum absolute atomic E-state index is 13.0. The Bertz CT molecular complexity index is 1510. The number of para-hydroxylation sites is 1. The van der Waals surface area contributed by atoms with E-state index in [0.717, 1.165) is 28.9 Å². The molecule has 2 fully saturated rings. The van der Waals surface area contributed by atoms with E-state index in [1.165, 1.54) is 23.5 Å². The van der Waals surface area contributed by atoms with Crippen LogP contribution >= 0.6 is 11.3 Å². The lowest BCUT2D eigenvalue weighted by atomic mass is 9.83. The molecule has 2 heterocycles. The quantitative estimate of drug-likeness (QED) is 0.241. The van der Waals surface area contributed by atoms with Gasteiger partial charge >= 0.3 is 12.6 Å². The molecule has 4 aromatic rings. The van der Waals surface area contributed by atoms with Gasteiger partial charge in [0, 0.05) is 17.0 Å². The fourth-order valence-electron chi connectivity index (χ4n) is 5.11. The first-order valence-electron chi connectivity index (χ1n) is 12.8. The minimum Gasteiger partial charge on any atom is -0.478 e. The van der Waals surface area contributed by atoms with Crippen molar-refractivity contribution >= 4 is 27.5 Å². The predicted octanol–water partition coefficient (Wildman–Crippen LogP) is 6.48. The Kier molecular flexibility index (Phi) is 6.82. The largest absolute Gasteiger partial charge is 0.478 e. The van der Waals surface area contributed by atoms with E-state index < -0.39 is 18.2 Å². The van der Waals surface area contributed by atoms with Gasteiger partial charge in [0.1, 0.15) is 27.8 Å². The van der Waals surface area contributed by atoms with Crippen LogP contribution in [-0.2, 0) is 16.9 Å². The Balaban J connectivity index is 1.16. The topological polar surface area (TPSA) is 115 Å². The molecule has 0 saturated heterocycles. The number of benzene rings is 2. The van der Waals surface area contributed by atoms with Gasteiger partial charge in [0.25, 0.3) is 0 Å². The number of thiazole rings is 1. The third-order valence-electron chi connectivity index (χ3n) is 7.38. The Morgan fingerprint density at radius 1 is 1.15 bits per heavy atom. The number of aromatic carboxylic acids is 1. The molecule has 0 aliphatic heterocycles. The molecule has 2 N–H and O–H groups in total. The normalized spacial score (nSPS) is 21.5. The number of carboxylic acid groups (broad SMARTS) is 1. The van der Waals surface area contributed by atoms with Gasteiger partial charge in [0.15, 0.2) is 0 Å². The minimum atomic E-state index is -2.96. The summed E-state index contributed by atoms with van der Waals surface area (Å²) in [6, 6.07) is 11.3. The van der Waals surface area contributed by atoms with E-state index in [0.29, 0.717) is 47.5 Å². The van der Waals surface area contributed by atoms with Gasteiger partial charge in [-0.25, -0.2) is 9.78 Å². The van der Waals surface area contributed by atoms with Gasteiger partial charge in [-0.15, -0.1) is 11.3 Å². The number of halogens is 2. The van der Waals surface area contributed by atoms with E-state index in [1.54, 1.807) is 30.3 Å². The molecular weight excluding hydrogens is 530 g/mol. The van der Waals surface area contributed by atoms with Crippen molar-refractivity contribution in [2.75, 3.05) is 0 Å². The molecule has 2 aromatic carbocycles. The molecule has 2 saturated carbocycles. The van der Waals surface area contributed by atoms with Crippen molar-refractivity contribution in [2.24, 2.45) is 0 Å². The van der Waals surface area contributed by atoms with E-state index in [9.17, 15) is 23.8 Å². The van der Waals surface area contributed by atoms with Crippen LogP contribution in [0.5, 0.6) is 5.75 Å². The Morgan fingerprint density at radius 3 is 2.64 bits per heavy atom. The first-order chi connectivity index (χ1) is 18.8. The molecule has 0 bridgehead atoms. The van der Waals surface area contributed by atoms with E-state index in [1.807, 2.05) is 0 Å². The third-order valence-corrected chi connectivity index (χ3v) is 8.59. The van der Waals surface area contributed by atoms with Crippen LogP contribution in [0, 0.1) is 0 Å². The Labute approximate surface area is 226 Å². The summed E-state index contributed by atoms with van der Waals surface area (Å²) >= 11 is 1.31. The number of alkyl halides is 2. The number of ether oxygens (including phenoxy) is 2.